The molecule has 1 aliphatic heterocycles. The lowest BCUT2D eigenvalue weighted by Crippen LogP contribution is -2.59. The molecule has 18 heteroatoms. The van der Waals surface area contributed by atoms with Gasteiger partial charge in [-0.05, 0) is 29.2 Å². The van der Waals surface area contributed by atoms with Gasteiger partial charge in [0.15, 0.2) is 11.9 Å². The number of guanidine groups is 2. The van der Waals surface area contributed by atoms with Crippen molar-refractivity contribution in [2.75, 3.05) is 24.6 Å². The molecule has 4 atom stereocenters. The summed E-state index contributed by atoms with van der Waals surface area (Å²) in [7, 11) is 2.37. The molecule has 254 valence electrons. The molecule has 0 radical (unpaired) electrons. The first-order valence-corrected chi connectivity index (χ1v) is 17.2. The average molecular weight is 688 g/mol. The number of fused-ring (bicyclic) bond motifs is 1. The van der Waals surface area contributed by atoms with Crippen molar-refractivity contribution in [1.29, 1.82) is 0 Å². The van der Waals surface area contributed by atoms with Crippen molar-refractivity contribution in [1.82, 2.24) is 21.3 Å². The van der Waals surface area contributed by atoms with Crippen molar-refractivity contribution in [3.63, 3.8) is 0 Å². The maximum Gasteiger partial charge on any atom is 0.244 e. The van der Waals surface area contributed by atoms with Gasteiger partial charge in [-0.2, -0.15) is 0 Å². The van der Waals surface area contributed by atoms with E-state index in [4.69, 9.17) is 28.7 Å². The molecule has 1 saturated heterocycles. The molecule has 0 unspecified atom stereocenters. The zero-order valence-electron chi connectivity index (χ0n) is 25.6. The van der Waals surface area contributed by atoms with Crippen LogP contribution in [0.15, 0.2) is 52.4 Å². The van der Waals surface area contributed by atoms with E-state index in [1.807, 2.05) is 42.5 Å². The van der Waals surface area contributed by atoms with Crippen molar-refractivity contribution in [3.8, 4) is 0 Å². The van der Waals surface area contributed by atoms with Gasteiger partial charge in [0.1, 0.15) is 24.2 Å². The van der Waals surface area contributed by atoms with Crippen LogP contribution in [0.3, 0.4) is 0 Å². The molecule has 0 bridgehead atoms. The van der Waals surface area contributed by atoms with E-state index in [1.165, 1.54) is 21.6 Å². The number of hydrogen-bond donors (Lipinski definition) is 9. The molecule has 5 amide bonds. The van der Waals surface area contributed by atoms with Gasteiger partial charge in [-0.25, -0.2) is 0 Å². The maximum atomic E-state index is 13.7. The Kier molecular flexibility index (Phi) is 14.4. The monoisotopic (exact) mass is 687 g/mol. The topological polar surface area (TPSA) is 288 Å². The van der Waals surface area contributed by atoms with Crippen LogP contribution in [0.25, 0.3) is 10.8 Å². The van der Waals surface area contributed by atoms with Gasteiger partial charge in [-0.1, -0.05) is 64.1 Å². The zero-order valence-corrected chi connectivity index (χ0v) is 27.3. The fraction of sp³-hybridized carbons (Fsp3) is 0.414. The molecular weight excluding hydrogens is 647 g/mol. The number of nitrogens with one attached hydrogen (secondary N) is 4. The van der Waals surface area contributed by atoms with E-state index in [1.54, 1.807) is 0 Å². The summed E-state index contributed by atoms with van der Waals surface area (Å²) in [6.45, 7) is 0.194. The van der Waals surface area contributed by atoms with E-state index in [0.29, 0.717) is 6.42 Å². The van der Waals surface area contributed by atoms with E-state index in [0.717, 1.165) is 16.3 Å². The van der Waals surface area contributed by atoms with Crippen LogP contribution in [0.4, 0.5) is 0 Å². The predicted molar refractivity (Wildman–Crippen MR) is 185 cm³/mol. The largest absolute Gasteiger partial charge is 0.370 e. The number of carbonyl (C=O) groups is 5. The summed E-state index contributed by atoms with van der Waals surface area (Å²) in [5.41, 5.74) is 27.9. The number of nitrogens with two attached hydrogens (primary N) is 5. The number of hydrogen-bond acceptors (Lipinski definition) is 9. The van der Waals surface area contributed by atoms with Gasteiger partial charge in [-0.15, -0.1) is 0 Å². The molecule has 2 aromatic rings. The van der Waals surface area contributed by atoms with Gasteiger partial charge in [0.25, 0.3) is 0 Å². The molecule has 16 nitrogen and oxygen atoms in total. The fourth-order valence-corrected chi connectivity index (χ4v) is 6.90. The van der Waals surface area contributed by atoms with Crippen LogP contribution in [0.5, 0.6) is 0 Å². The second-order valence-electron chi connectivity index (χ2n) is 10.7. The minimum Gasteiger partial charge on any atom is -0.370 e. The SMILES string of the molecule is NC(=O)[C@H]1CSSC[C@H](NC(=O)CCN=C(N)N)C(=O)N[C@H](CCCN=C(N)N)C(=O)N[C@H](Cc2ccc3ccccc3c2)C(=O)N1. The first-order valence-electron chi connectivity index (χ1n) is 14.8. The minimum absolute atomic E-state index is 0.0127. The number of benzene rings is 2. The molecule has 1 fully saturated rings. The van der Waals surface area contributed by atoms with Crippen LogP contribution in [0.2, 0.25) is 0 Å². The summed E-state index contributed by atoms with van der Waals surface area (Å²) >= 11 is 0. The number of carbonyl (C=O) groups excluding carboxylic acids is 5. The summed E-state index contributed by atoms with van der Waals surface area (Å²) in [5.74, 6) is -3.33. The van der Waals surface area contributed by atoms with Crippen LogP contribution < -0.4 is 49.9 Å². The highest BCUT2D eigenvalue weighted by molar-refractivity contribution is 8.76. The average Bonchev–Trinajstić information content (AvgIpc) is 3.01. The van der Waals surface area contributed by atoms with Gasteiger partial charge >= 0.3 is 0 Å². The van der Waals surface area contributed by atoms with Crippen LogP contribution in [-0.2, 0) is 30.4 Å². The van der Waals surface area contributed by atoms with E-state index in [-0.39, 0.29) is 55.8 Å². The molecule has 1 aliphatic rings. The Labute approximate surface area is 279 Å². The van der Waals surface area contributed by atoms with Crippen molar-refractivity contribution in [2.24, 2.45) is 38.7 Å². The third kappa shape index (κ3) is 12.5. The Morgan fingerprint density at radius 1 is 0.787 bits per heavy atom. The smallest absolute Gasteiger partial charge is 0.244 e. The van der Waals surface area contributed by atoms with Crippen molar-refractivity contribution in [3.05, 3.63) is 48.0 Å². The molecule has 0 saturated carbocycles. The third-order valence-electron chi connectivity index (χ3n) is 6.96. The zero-order chi connectivity index (χ0) is 34.3. The van der Waals surface area contributed by atoms with E-state index in [9.17, 15) is 24.0 Å². The maximum absolute atomic E-state index is 13.7. The lowest BCUT2D eigenvalue weighted by Gasteiger charge is -2.27. The summed E-state index contributed by atoms with van der Waals surface area (Å²) in [5, 5.41) is 12.7. The molecule has 0 spiro atoms. The lowest BCUT2D eigenvalue weighted by atomic mass is 10.00. The predicted octanol–water partition coefficient (Wildman–Crippen LogP) is -2.08. The van der Waals surface area contributed by atoms with Gasteiger partial charge in [0.05, 0.1) is 6.54 Å². The van der Waals surface area contributed by atoms with Crippen LogP contribution in [0, 0.1) is 0 Å². The standard InChI is InChI=1S/C29H41N11O5S2/c30-24(42)21-14-46-47-15-22(37-23(41)9-11-36-29(33)34)27(45)38-19(6-3-10-35-28(31)32)25(43)39-20(26(44)40-21)13-16-7-8-17-4-1-2-5-18(17)12-16/h1-2,4-5,7-8,12,19-22H,3,6,9-11,13-15H2,(H2,30,42)(H,37,41)(H,38,45)(H,39,43)(H,40,44)(H4,31,32,35)(H4,33,34,36)/t19-,20-,21-,22+/m1/s1. The quantitative estimate of drug-likeness (QED) is 0.0535. The second kappa shape index (κ2) is 18.4. The molecule has 0 aliphatic carbocycles. The second-order valence-corrected chi connectivity index (χ2v) is 13.2. The number of nitrogens with zero attached hydrogens (tertiary/aromatic N) is 2. The molecule has 0 aromatic heterocycles. The van der Waals surface area contributed by atoms with E-state index >= 15 is 0 Å². The number of aliphatic imine (C=N–C) groups is 2. The Morgan fingerprint density at radius 2 is 1.43 bits per heavy atom. The van der Waals surface area contributed by atoms with Gasteiger partial charge in [0.2, 0.25) is 29.5 Å². The van der Waals surface area contributed by atoms with Crippen LogP contribution >= 0.6 is 21.6 Å². The molecular formula is C29H41N11O5S2. The Bertz CT molecular complexity index is 1500. The lowest BCUT2D eigenvalue weighted by molar-refractivity contribution is -0.134. The number of rotatable bonds is 11. The molecule has 3 rings (SSSR count). The number of primary amides is 1. The summed E-state index contributed by atoms with van der Waals surface area (Å²) < 4.78 is 0. The third-order valence-corrected chi connectivity index (χ3v) is 9.38. The first-order chi connectivity index (χ1) is 22.4. The summed E-state index contributed by atoms with van der Waals surface area (Å²) in [6.07, 6.45) is 0.407. The summed E-state index contributed by atoms with van der Waals surface area (Å²) in [6, 6.07) is 8.97. The normalized spacial score (nSPS) is 20.9. The summed E-state index contributed by atoms with van der Waals surface area (Å²) in [4.78, 5) is 73.5. The van der Waals surface area contributed by atoms with E-state index in [2.05, 4.69) is 31.3 Å². The van der Waals surface area contributed by atoms with E-state index < -0.39 is 53.7 Å². The molecule has 14 N–H and O–H groups in total. The number of amides is 5. The molecule has 1 heterocycles. The van der Waals surface area contributed by atoms with Crippen LogP contribution in [-0.4, -0.2) is 90.2 Å². The van der Waals surface area contributed by atoms with Crippen molar-refractivity contribution in [2.45, 2.75) is 49.9 Å². The first kappa shape index (κ1) is 36.8. The minimum atomic E-state index is -1.13. The van der Waals surface area contributed by atoms with Gasteiger partial charge < -0.3 is 49.9 Å². The Morgan fingerprint density at radius 3 is 2.13 bits per heavy atom. The molecule has 2 aromatic carbocycles. The van der Waals surface area contributed by atoms with Crippen molar-refractivity contribution < 1.29 is 24.0 Å². The Balaban J connectivity index is 1.90. The Hall–Kier alpha value is -4.71. The highest BCUT2D eigenvalue weighted by atomic mass is 33.1. The van der Waals surface area contributed by atoms with Crippen LogP contribution in [0.1, 0.15) is 24.8 Å². The highest BCUT2D eigenvalue weighted by Gasteiger charge is 2.32. The molecule has 47 heavy (non-hydrogen) atoms. The highest BCUT2D eigenvalue weighted by Crippen LogP contribution is 2.24. The van der Waals surface area contributed by atoms with Crippen molar-refractivity contribution >= 4 is 73.8 Å². The van der Waals surface area contributed by atoms with Gasteiger partial charge in [-0.3, -0.25) is 34.0 Å². The van der Waals surface area contributed by atoms with Gasteiger partial charge in [0, 0.05) is 30.9 Å². The fourth-order valence-electron chi connectivity index (χ4n) is 4.56.